The summed E-state index contributed by atoms with van der Waals surface area (Å²) in [6.07, 6.45) is 4.60. The van der Waals surface area contributed by atoms with E-state index in [2.05, 4.69) is 15.0 Å². The zero-order chi connectivity index (χ0) is 19.3. The lowest BCUT2D eigenvalue weighted by atomic mass is 10.2. The molecule has 8 nitrogen and oxygen atoms in total. The number of benzene rings is 1. The molecule has 1 atom stereocenters. The number of aromatic nitrogens is 1. The van der Waals surface area contributed by atoms with Gasteiger partial charge in [0.15, 0.2) is 0 Å². The Morgan fingerprint density at radius 1 is 1.26 bits per heavy atom. The Morgan fingerprint density at radius 2 is 2.04 bits per heavy atom. The number of nitrogens with one attached hydrogen (secondary N) is 2. The third kappa shape index (κ3) is 5.93. The molecule has 0 radical (unpaired) electrons. The maximum atomic E-state index is 12.1. The molecule has 0 saturated carbocycles. The Balaban J connectivity index is 1.54. The number of sulfonamides is 1. The number of rotatable bonds is 7. The normalized spacial score (nSPS) is 16.7. The second kappa shape index (κ2) is 8.36. The molecule has 2 aromatic rings. The standard InChI is InChI=1S/C18H21N3O5S/c1-27(23,24)21-14-5-7-15(8-6-14)26-17-9-4-13(11-19-17)18(22)20-12-16-3-2-10-25-16/h4-9,11,16,21H,2-3,10,12H2,1H3,(H,20,22). The van der Waals surface area contributed by atoms with Gasteiger partial charge >= 0.3 is 0 Å². The molecule has 144 valence electrons. The molecule has 1 fully saturated rings. The highest BCUT2D eigenvalue weighted by Gasteiger charge is 2.16. The van der Waals surface area contributed by atoms with Crippen molar-refractivity contribution in [1.29, 1.82) is 0 Å². The summed E-state index contributed by atoms with van der Waals surface area (Å²) in [4.78, 5) is 16.2. The van der Waals surface area contributed by atoms with Crippen LogP contribution in [0, 0.1) is 0 Å². The van der Waals surface area contributed by atoms with Gasteiger partial charge in [-0.25, -0.2) is 13.4 Å². The highest BCUT2D eigenvalue weighted by atomic mass is 32.2. The molecule has 1 aliphatic heterocycles. The minimum Gasteiger partial charge on any atom is -0.439 e. The van der Waals surface area contributed by atoms with Gasteiger partial charge < -0.3 is 14.8 Å². The fourth-order valence-corrected chi connectivity index (χ4v) is 3.18. The number of amides is 1. The fraction of sp³-hybridized carbons (Fsp3) is 0.333. The minimum atomic E-state index is -3.32. The Hall–Kier alpha value is -2.65. The van der Waals surface area contributed by atoms with Crippen molar-refractivity contribution >= 4 is 21.6 Å². The highest BCUT2D eigenvalue weighted by Crippen LogP contribution is 2.22. The van der Waals surface area contributed by atoms with E-state index in [4.69, 9.17) is 9.47 Å². The van der Waals surface area contributed by atoms with Crippen molar-refractivity contribution < 1.29 is 22.7 Å². The van der Waals surface area contributed by atoms with Gasteiger partial charge in [0.25, 0.3) is 5.91 Å². The molecule has 1 aromatic heterocycles. The lowest BCUT2D eigenvalue weighted by Crippen LogP contribution is -2.31. The number of nitrogens with zero attached hydrogens (tertiary/aromatic N) is 1. The van der Waals surface area contributed by atoms with Crippen LogP contribution in [0.2, 0.25) is 0 Å². The average molecular weight is 391 g/mol. The molecular formula is C18H21N3O5S. The summed E-state index contributed by atoms with van der Waals surface area (Å²) in [6, 6.07) is 9.65. The Kier molecular flexibility index (Phi) is 5.92. The summed E-state index contributed by atoms with van der Waals surface area (Å²) in [5.41, 5.74) is 0.879. The number of hydrogen-bond acceptors (Lipinski definition) is 6. The quantitative estimate of drug-likeness (QED) is 0.749. The van der Waals surface area contributed by atoms with Crippen LogP contribution in [0.25, 0.3) is 0 Å². The maximum Gasteiger partial charge on any atom is 0.252 e. The molecule has 0 aliphatic carbocycles. The van der Waals surface area contributed by atoms with E-state index < -0.39 is 10.0 Å². The van der Waals surface area contributed by atoms with E-state index in [0.717, 1.165) is 25.7 Å². The molecule has 3 rings (SSSR count). The van der Waals surface area contributed by atoms with Gasteiger partial charge in [-0.3, -0.25) is 9.52 Å². The Morgan fingerprint density at radius 3 is 2.63 bits per heavy atom. The predicted molar refractivity (Wildman–Crippen MR) is 101 cm³/mol. The van der Waals surface area contributed by atoms with E-state index in [1.54, 1.807) is 36.4 Å². The molecular weight excluding hydrogens is 370 g/mol. The molecule has 1 aromatic carbocycles. The summed E-state index contributed by atoms with van der Waals surface area (Å²) < 4.78 is 35.8. The summed E-state index contributed by atoms with van der Waals surface area (Å²) in [5, 5.41) is 2.83. The van der Waals surface area contributed by atoms with Crippen LogP contribution < -0.4 is 14.8 Å². The van der Waals surface area contributed by atoms with Crippen LogP contribution in [0.5, 0.6) is 11.6 Å². The monoisotopic (exact) mass is 391 g/mol. The first kappa shape index (κ1) is 19.1. The SMILES string of the molecule is CS(=O)(=O)Nc1ccc(Oc2ccc(C(=O)NCC3CCCO3)cn2)cc1. The number of pyridine rings is 1. The molecule has 2 N–H and O–H groups in total. The van der Waals surface area contributed by atoms with E-state index in [9.17, 15) is 13.2 Å². The van der Waals surface area contributed by atoms with Crippen LogP contribution in [-0.2, 0) is 14.8 Å². The second-order valence-electron chi connectivity index (χ2n) is 6.23. The number of ether oxygens (including phenoxy) is 2. The summed E-state index contributed by atoms with van der Waals surface area (Å²) in [7, 11) is -3.32. The highest BCUT2D eigenvalue weighted by molar-refractivity contribution is 7.92. The average Bonchev–Trinajstić information content (AvgIpc) is 3.14. The first-order chi connectivity index (χ1) is 12.9. The van der Waals surface area contributed by atoms with Gasteiger partial charge in [-0.1, -0.05) is 0 Å². The minimum absolute atomic E-state index is 0.0877. The zero-order valence-corrected chi connectivity index (χ0v) is 15.7. The third-order valence-electron chi connectivity index (χ3n) is 3.89. The van der Waals surface area contributed by atoms with Crippen LogP contribution in [0.15, 0.2) is 42.6 Å². The first-order valence-electron chi connectivity index (χ1n) is 8.51. The molecule has 1 aliphatic rings. The zero-order valence-electron chi connectivity index (χ0n) is 14.8. The van der Waals surface area contributed by atoms with Crippen molar-refractivity contribution in [3.05, 3.63) is 48.2 Å². The first-order valence-corrected chi connectivity index (χ1v) is 10.4. The van der Waals surface area contributed by atoms with E-state index in [0.29, 0.717) is 29.4 Å². The van der Waals surface area contributed by atoms with E-state index in [-0.39, 0.29) is 12.0 Å². The molecule has 2 heterocycles. The van der Waals surface area contributed by atoms with Gasteiger partial charge in [0.05, 0.1) is 17.9 Å². The van der Waals surface area contributed by atoms with Gasteiger partial charge in [-0.2, -0.15) is 0 Å². The largest absolute Gasteiger partial charge is 0.439 e. The molecule has 1 saturated heterocycles. The fourth-order valence-electron chi connectivity index (χ4n) is 2.61. The Bertz CT molecular complexity index is 876. The summed E-state index contributed by atoms with van der Waals surface area (Å²) in [5.74, 6) is 0.618. The molecule has 0 spiro atoms. The Labute approximate surface area is 158 Å². The van der Waals surface area contributed by atoms with Gasteiger partial charge in [0.1, 0.15) is 5.75 Å². The van der Waals surface area contributed by atoms with Crippen LogP contribution in [0.4, 0.5) is 5.69 Å². The maximum absolute atomic E-state index is 12.1. The number of carbonyl (C=O) groups is 1. The van der Waals surface area contributed by atoms with Crippen molar-refractivity contribution in [1.82, 2.24) is 10.3 Å². The smallest absolute Gasteiger partial charge is 0.252 e. The van der Waals surface area contributed by atoms with Gasteiger partial charge in [0.2, 0.25) is 15.9 Å². The van der Waals surface area contributed by atoms with Gasteiger partial charge in [-0.05, 0) is 43.2 Å². The summed E-state index contributed by atoms with van der Waals surface area (Å²) in [6.45, 7) is 1.24. The molecule has 1 unspecified atom stereocenters. The van der Waals surface area contributed by atoms with Crippen LogP contribution in [0.1, 0.15) is 23.2 Å². The van der Waals surface area contributed by atoms with Crippen molar-refractivity contribution in [3.8, 4) is 11.6 Å². The lowest BCUT2D eigenvalue weighted by molar-refractivity contribution is 0.0857. The van der Waals surface area contributed by atoms with Crippen LogP contribution >= 0.6 is 0 Å². The van der Waals surface area contributed by atoms with Crippen molar-refractivity contribution in [2.45, 2.75) is 18.9 Å². The van der Waals surface area contributed by atoms with E-state index in [1.807, 2.05) is 0 Å². The lowest BCUT2D eigenvalue weighted by Gasteiger charge is -2.11. The summed E-state index contributed by atoms with van der Waals surface area (Å²) >= 11 is 0. The molecule has 9 heteroatoms. The second-order valence-corrected chi connectivity index (χ2v) is 7.98. The molecule has 27 heavy (non-hydrogen) atoms. The number of carbonyl (C=O) groups excluding carboxylic acids is 1. The molecule has 0 bridgehead atoms. The van der Waals surface area contributed by atoms with Crippen molar-refractivity contribution in [2.24, 2.45) is 0 Å². The predicted octanol–water partition coefficient (Wildman–Crippen LogP) is 2.15. The van der Waals surface area contributed by atoms with Crippen LogP contribution in [-0.4, -0.2) is 44.8 Å². The van der Waals surface area contributed by atoms with Gasteiger partial charge in [0, 0.05) is 31.1 Å². The van der Waals surface area contributed by atoms with E-state index in [1.165, 1.54) is 6.20 Å². The topological polar surface area (TPSA) is 107 Å². The van der Waals surface area contributed by atoms with E-state index >= 15 is 0 Å². The van der Waals surface area contributed by atoms with Gasteiger partial charge in [-0.15, -0.1) is 0 Å². The number of hydrogen-bond donors (Lipinski definition) is 2. The number of anilines is 1. The third-order valence-corrected chi connectivity index (χ3v) is 4.50. The molecule has 1 amide bonds. The van der Waals surface area contributed by atoms with Crippen molar-refractivity contribution in [3.63, 3.8) is 0 Å². The van der Waals surface area contributed by atoms with Crippen LogP contribution in [0.3, 0.4) is 0 Å². The van der Waals surface area contributed by atoms with Crippen molar-refractivity contribution in [2.75, 3.05) is 24.1 Å².